The highest BCUT2D eigenvalue weighted by atomic mass is 32.1. The van der Waals surface area contributed by atoms with Crippen LogP contribution in [0.25, 0.3) is 0 Å². The quantitative estimate of drug-likeness (QED) is 0.849. The van der Waals surface area contributed by atoms with E-state index in [0.29, 0.717) is 11.7 Å². The number of hydrogen-bond donors (Lipinski definition) is 2. The third-order valence-electron chi connectivity index (χ3n) is 3.69. The standard InChI is InChI=1S/C16H22N4OS/c1-10-6-7-15(21-5)14(8-10)18-16(22)17-9-13-11(2)19-20(4)12(13)3/h6-8H,9H2,1-5H3,(H2,17,18,22). The van der Waals surface area contributed by atoms with Gasteiger partial charge in [0.05, 0.1) is 18.5 Å². The molecular weight excluding hydrogens is 296 g/mol. The number of nitrogens with one attached hydrogen (secondary N) is 2. The van der Waals surface area contributed by atoms with Crippen LogP contribution in [0.3, 0.4) is 0 Å². The maximum absolute atomic E-state index is 5.37. The van der Waals surface area contributed by atoms with Crippen molar-refractivity contribution in [3.8, 4) is 5.75 Å². The first-order valence-corrected chi connectivity index (χ1v) is 7.51. The van der Waals surface area contributed by atoms with Crippen LogP contribution in [-0.2, 0) is 13.6 Å². The van der Waals surface area contributed by atoms with Gasteiger partial charge >= 0.3 is 0 Å². The van der Waals surface area contributed by atoms with E-state index in [0.717, 1.165) is 28.4 Å². The highest BCUT2D eigenvalue weighted by Crippen LogP contribution is 2.25. The number of rotatable bonds is 4. The van der Waals surface area contributed by atoms with E-state index in [4.69, 9.17) is 17.0 Å². The number of benzene rings is 1. The van der Waals surface area contributed by atoms with Crippen LogP contribution in [0.5, 0.6) is 5.75 Å². The lowest BCUT2D eigenvalue weighted by Gasteiger charge is -2.14. The van der Waals surface area contributed by atoms with Gasteiger partial charge in [-0.1, -0.05) is 6.07 Å². The third kappa shape index (κ3) is 3.57. The maximum atomic E-state index is 5.37. The summed E-state index contributed by atoms with van der Waals surface area (Å²) in [4.78, 5) is 0. The van der Waals surface area contributed by atoms with E-state index in [2.05, 4.69) is 22.7 Å². The second kappa shape index (κ2) is 6.79. The van der Waals surface area contributed by atoms with Crippen molar-refractivity contribution in [1.29, 1.82) is 0 Å². The Morgan fingerprint density at radius 2 is 2.05 bits per heavy atom. The Morgan fingerprint density at radius 1 is 1.32 bits per heavy atom. The van der Waals surface area contributed by atoms with Gasteiger partial charge in [0.25, 0.3) is 0 Å². The lowest BCUT2D eigenvalue weighted by Crippen LogP contribution is -2.28. The molecule has 22 heavy (non-hydrogen) atoms. The molecule has 2 rings (SSSR count). The minimum atomic E-state index is 0.562. The maximum Gasteiger partial charge on any atom is 0.171 e. The van der Waals surface area contributed by atoms with Crippen LogP contribution < -0.4 is 15.4 Å². The van der Waals surface area contributed by atoms with Crippen molar-refractivity contribution in [2.45, 2.75) is 27.3 Å². The summed E-state index contributed by atoms with van der Waals surface area (Å²) >= 11 is 5.37. The first kappa shape index (κ1) is 16.3. The van der Waals surface area contributed by atoms with Gasteiger partial charge in [-0.15, -0.1) is 0 Å². The van der Waals surface area contributed by atoms with Crippen molar-refractivity contribution in [3.63, 3.8) is 0 Å². The van der Waals surface area contributed by atoms with Crippen LogP contribution >= 0.6 is 12.2 Å². The molecule has 0 saturated carbocycles. The van der Waals surface area contributed by atoms with Gasteiger partial charge in [-0.2, -0.15) is 5.10 Å². The summed E-state index contributed by atoms with van der Waals surface area (Å²) in [6.45, 7) is 6.73. The van der Waals surface area contributed by atoms with Gasteiger partial charge in [0.2, 0.25) is 0 Å². The predicted molar refractivity (Wildman–Crippen MR) is 93.5 cm³/mol. The molecule has 2 aromatic rings. The van der Waals surface area contributed by atoms with Crippen molar-refractivity contribution in [1.82, 2.24) is 15.1 Å². The number of hydrogen-bond acceptors (Lipinski definition) is 3. The number of aromatic nitrogens is 2. The highest BCUT2D eigenvalue weighted by molar-refractivity contribution is 7.80. The highest BCUT2D eigenvalue weighted by Gasteiger charge is 2.10. The number of anilines is 1. The van der Waals surface area contributed by atoms with E-state index in [1.165, 1.54) is 5.56 Å². The Morgan fingerprint density at radius 3 is 2.64 bits per heavy atom. The SMILES string of the molecule is COc1ccc(C)cc1NC(=S)NCc1c(C)nn(C)c1C. The van der Waals surface area contributed by atoms with Crippen LogP contribution in [-0.4, -0.2) is 22.0 Å². The zero-order valence-corrected chi connectivity index (χ0v) is 14.5. The molecule has 1 aromatic carbocycles. The minimum absolute atomic E-state index is 0.562. The lowest BCUT2D eigenvalue weighted by molar-refractivity contribution is 0.417. The first-order valence-electron chi connectivity index (χ1n) is 7.11. The van der Waals surface area contributed by atoms with Crippen molar-refractivity contribution in [2.75, 3.05) is 12.4 Å². The molecule has 0 bridgehead atoms. The second-order valence-electron chi connectivity index (χ2n) is 5.28. The lowest BCUT2D eigenvalue weighted by atomic mass is 10.2. The van der Waals surface area contributed by atoms with E-state index < -0.39 is 0 Å². The van der Waals surface area contributed by atoms with Crippen molar-refractivity contribution in [3.05, 3.63) is 40.7 Å². The molecule has 0 atom stereocenters. The van der Waals surface area contributed by atoms with E-state index in [-0.39, 0.29) is 0 Å². The zero-order valence-electron chi connectivity index (χ0n) is 13.7. The van der Waals surface area contributed by atoms with Gasteiger partial charge in [-0.05, 0) is 50.7 Å². The molecule has 6 heteroatoms. The monoisotopic (exact) mass is 318 g/mol. The smallest absolute Gasteiger partial charge is 0.171 e. The number of ether oxygens (including phenoxy) is 1. The summed E-state index contributed by atoms with van der Waals surface area (Å²) in [5.41, 5.74) is 5.33. The number of aryl methyl sites for hydroxylation is 3. The van der Waals surface area contributed by atoms with Gasteiger partial charge in [-0.25, -0.2) is 0 Å². The molecule has 0 amide bonds. The molecule has 0 saturated heterocycles. The number of thiocarbonyl (C=S) groups is 1. The Balaban J connectivity index is 2.03. The molecule has 0 fully saturated rings. The summed E-state index contributed by atoms with van der Waals surface area (Å²) in [7, 11) is 3.59. The fraction of sp³-hybridized carbons (Fsp3) is 0.375. The molecule has 0 unspecified atom stereocenters. The Bertz CT molecular complexity index is 694. The molecule has 0 aliphatic carbocycles. The topological polar surface area (TPSA) is 51.1 Å². The molecular formula is C16H22N4OS. The van der Waals surface area contributed by atoms with E-state index in [1.807, 2.05) is 43.8 Å². The average molecular weight is 318 g/mol. The zero-order chi connectivity index (χ0) is 16.3. The fourth-order valence-corrected chi connectivity index (χ4v) is 2.51. The van der Waals surface area contributed by atoms with Gasteiger partial charge < -0.3 is 15.4 Å². The van der Waals surface area contributed by atoms with Crippen molar-refractivity contribution in [2.24, 2.45) is 7.05 Å². The van der Waals surface area contributed by atoms with Crippen molar-refractivity contribution < 1.29 is 4.74 Å². The third-order valence-corrected chi connectivity index (χ3v) is 3.93. The van der Waals surface area contributed by atoms with E-state index >= 15 is 0 Å². The molecule has 1 aromatic heterocycles. The second-order valence-corrected chi connectivity index (χ2v) is 5.69. The average Bonchev–Trinajstić information content (AvgIpc) is 2.70. The summed E-state index contributed by atoms with van der Waals surface area (Å²) in [5.74, 6) is 0.767. The molecule has 0 radical (unpaired) electrons. The Hall–Kier alpha value is -2.08. The summed E-state index contributed by atoms with van der Waals surface area (Å²) in [5, 5.41) is 11.4. The van der Waals surface area contributed by atoms with E-state index in [9.17, 15) is 0 Å². The predicted octanol–water partition coefficient (Wildman–Crippen LogP) is 2.84. The fourth-order valence-electron chi connectivity index (χ4n) is 2.33. The molecule has 2 N–H and O–H groups in total. The molecule has 0 spiro atoms. The molecule has 5 nitrogen and oxygen atoms in total. The number of methoxy groups -OCH3 is 1. The molecule has 0 aliphatic rings. The largest absolute Gasteiger partial charge is 0.495 e. The summed E-state index contributed by atoms with van der Waals surface area (Å²) < 4.78 is 7.22. The number of nitrogens with zero attached hydrogens (tertiary/aromatic N) is 2. The molecule has 0 aliphatic heterocycles. The first-order chi connectivity index (χ1) is 10.4. The van der Waals surface area contributed by atoms with Crippen LogP contribution in [0.15, 0.2) is 18.2 Å². The van der Waals surface area contributed by atoms with Crippen molar-refractivity contribution >= 4 is 23.0 Å². The Kier molecular flexibility index (Phi) is 5.03. The minimum Gasteiger partial charge on any atom is -0.495 e. The van der Waals surface area contributed by atoms with Gasteiger partial charge in [0, 0.05) is 24.8 Å². The van der Waals surface area contributed by atoms with Crippen LogP contribution in [0.1, 0.15) is 22.5 Å². The van der Waals surface area contributed by atoms with Gasteiger partial charge in [0.15, 0.2) is 5.11 Å². The molecule has 118 valence electrons. The molecule has 1 heterocycles. The van der Waals surface area contributed by atoms with E-state index in [1.54, 1.807) is 7.11 Å². The summed E-state index contributed by atoms with van der Waals surface area (Å²) in [6.07, 6.45) is 0. The summed E-state index contributed by atoms with van der Waals surface area (Å²) in [6, 6.07) is 5.94. The van der Waals surface area contributed by atoms with Gasteiger partial charge in [-0.3, -0.25) is 4.68 Å². The van der Waals surface area contributed by atoms with Gasteiger partial charge in [0.1, 0.15) is 5.75 Å². The van der Waals surface area contributed by atoms with Crippen LogP contribution in [0, 0.1) is 20.8 Å². The normalized spacial score (nSPS) is 10.4. The van der Waals surface area contributed by atoms with Crippen LogP contribution in [0.4, 0.5) is 5.69 Å². The Labute approximate surface area is 136 Å². The van der Waals surface area contributed by atoms with Crippen LogP contribution in [0.2, 0.25) is 0 Å².